The molecule has 0 bridgehead atoms. The first-order chi connectivity index (χ1) is 9.34. The van der Waals surface area contributed by atoms with Crippen molar-refractivity contribution >= 4 is 5.91 Å². The van der Waals surface area contributed by atoms with Crippen LogP contribution in [0.1, 0.15) is 44.2 Å². The second kappa shape index (κ2) is 7.72. The monoisotopic (exact) mass is 258 g/mol. The molecule has 0 unspecified atom stereocenters. The van der Waals surface area contributed by atoms with Gasteiger partial charge in [0.2, 0.25) is 5.91 Å². The molecule has 0 radical (unpaired) electrons. The smallest absolute Gasteiger partial charge is 0.220 e. The van der Waals surface area contributed by atoms with Crippen molar-refractivity contribution in [2.75, 3.05) is 6.54 Å². The maximum atomic E-state index is 11.7. The number of hydrogen-bond acceptors (Lipinski definition) is 2. The lowest BCUT2D eigenvalue weighted by atomic mass is 9.97. The molecule has 1 aromatic heterocycles. The lowest BCUT2D eigenvalue weighted by molar-refractivity contribution is -0.121. The third-order valence-corrected chi connectivity index (χ3v) is 3.49. The number of rotatable bonds is 6. The van der Waals surface area contributed by atoms with Gasteiger partial charge in [0.05, 0.1) is 0 Å². The molecule has 19 heavy (non-hydrogen) atoms. The van der Waals surface area contributed by atoms with E-state index in [1.165, 1.54) is 31.3 Å². The highest BCUT2D eigenvalue weighted by Crippen LogP contribution is 2.19. The van der Waals surface area contributed by atoms with Crippen LogP contribution >= 0.6 is 0 Å². The normalized spacial score (nSPS) is 14.8. The Morgan fingerprint density at radius 3 is 2.95 bits per heavy atom. The van der Waals surface area contributed by atoms with Gasteiger partial charge in [-0.15, -0.1) is 0 Å². The van der Waals surface area contributed by atoms with Crippen LogP contribution in [0.4, 0.5) is 0 Å². The fourth-order valence-electron chi connectivity index (χ4n) is 2.37. The van der Waals surface area contributed by atoms with Gasteiger partial charge in [-0.05, 0) is 50.7 Å². The van der Waals surface area contributed by atoms with Crippen molar-refractivity contribution in [3.05, 3.63) is 41.7 Å². The molecule has 102 valence electrons. The van der Waals surface area contributed by atoms with E-state index in [4.69, 9.17) is 0 Å². The summed E-state index contributed by atoms with van der Waals surface area (Å²) < 4.78 is 0. The Kier molecular flexibility index (Phi) is 5.60. The number of nitrogens with one attached hydrogen (secondary N) is 1. The van der Waals surface area contributed by atoms with Crippen LogP contribution in [0.5, 0.6) is 0 Å². The maximum Gasteiger partial charge on any atom is 0.220 e. The average Bonchev–Trinajstić information content (AvgIpc) is 2.47. The second-order valence-electron chi connectivity index (χ2n) is 5.03. The molecule has 1 amide bonds. The fraction of sp³-hybridized carbons (Fsp3) is 0.500. The summed E-state index contributed by atoms with van der Waals surface area (Å²) in [4.78, 5) is 15.9. The third kappa shape index (κ3) is 5.25. The summed E-state index contributed by atoms with van der Waals surface area (Å²) >= 11 is 0. The lowest BCUT2D eigenvalue weighted by Gasteiger charge is -2.12. The Bertz CT molecular complexity index is 426. The molecule has 0 saturated carbocycles. The molecule has 1 heterocycles. The Hall–Kier alpha value is -1.64. The van der Waals surface area contributed by atoms with E-state index in [1.807, 2.05) is 18.2 Å². The van der Waals surface area contributed by atoms with E-state index in [-0.39, 0.29) is 5.91 Å². The van der Waals surface area contributed by atoms with Crippen molar-refractivity contribution in [3.8, 4) is 0 Å². The number of carbonyl (C=O) groups is 1. The zero-order valence-electron chi connectivity index (χ0n) is 11.4. The minimum absolute atomic E-state index is 0.127. The zero-order valence-corrected chi connectivity index (χ0v) is 11.4. The predicted molar refractivity (Wildman–Crippen MR) is 76.7 cm³/mol. The van der Waals surface area contributed by atoms with Crippen molar-refractivity contribution in [2.24, 2.45) is 0 Å². The molecule has 0 aliphatic heterocycles. The van der Waals surface area contributed by atoms with E-state index < -0.39 is 0 Å². The highest BCUT2D eigenvalue weighted by atomic mass is 16.1. The topological polar surface area (TPSA) is 42.0 Å². The van der Waals surface area contributed by atoms with Crippen LogP contribution in [0, 0.1) is 0 Å². The first-order valence-corrected chi connectivity index (χ1v) is 7.19. The van der Waals surface area contributed by atoms with E-state index in [2.05, 4.69) is 16.4 Å². The van der Waals surface area contributed by atoms with Gasteiger partial charge in [0.1, 0.15) is 0 Å². The van der Waals surface area contributed by atoms with Gasteiger partial charge in [-0.1, -0.05) is 17.7 Å². The van der Waals surface area contributed by atoms with Crippen molar-refractivity contribution in [2.45, 2.75) is 44.9 Å². The molecule has 3 heteroatoms. The van der Waals surface area contributed by atoms with Crippen LogP contribution in [-0.4, -0.2) is 17.4 Å². The molecular formula is C16H22N2O. The molecule has 1 aromatic rings. The van der Waals surface area contributed by atoms with Gasteiger partial charge in [0.25, 0.3) is 0 Å². The van der Waals surface area contributed by atoms with E-state index in [0.29, 0.717) is 6.42 Å². The van der Waals surface area contributed by atoms with Crippen LogP contribution in [0.25, 0.3) is 0 Å². The molecule has 1 N–H and O–H groups in total. The van der Waals surface area contributed by atoms with Gasteiger partial charge in [-0.2, -0.15) is 0 Å². The maximum absolute atomic E-state index is 11.7. The first kappa shape index (κ1) is 13.8. The van der Waals surface area contributed by atoms with Crippen LogP contribution < -0.4 is 5.32 Å². The summed E-state index contributed by atoms with van der Waals surface area (Å²) in [6.45, 7) is 0.771. The van der Waals surface area contributed by atoms with Gasteiger partial charge < -0.3 is 5.32 Å². The Balaban J connectivity index is 1.61. The van der Waals surface area contributed by atoms with Gasteiger partial charge in [0, 0.05) is 24.9 Å². The van der Waals surface area contributed by atoms with Crippen molar-refractivity contribution in [1.29, 1.82) is 0 Å². The van der Waals surface area contributed by atoms with Crippen molar-refractivity contribution < 1.29 is 4.79 Å². The minimum atomic E-state index is 0.127. The minimum Gasteiger partial charge on any atom is -0.356 e. The van der Waals surface area contributed by atoms with E-state index >= 15 is 0 Å². The molecule has 3 nitrogen and oxygen atoms in total. The predicted octanol–water partition coefficient (Wildman–Crippen LogP) is 3.02. The second-order valence-corrected chi connectivity index (χ2v) is 5.03. The zero-order chi connectivity index (χ0) is 13.3. The van der Waals surface area contributed by atoms with Crippen LogP contribution in [-0.2, 0) is 11.2 Å². The molecule has 0 atom stereocenters. The van der Waals surface area contributed by atoms with E-state index in [1.54, 1.807) is 6.20 Å². The summed E-state index contributed by atoms with van der Waals surface area (Å²) in [5.41, 5.74) is 2.49. The number of amides is 1. The lowest BCUT2D eigenvalue weighted by Crippen LogP contribution is -2.25. The first-order valence-electron chi connectivity index (χ1n) is 7.19. The molecular weight excluding hydrogens is 236 g/mol. The standard InChI is InChI=1S/C16H22N2O/c19-16(10-9-15-8-4-5-12-17-15)18-13-11-14-6-2-1-3-7-14/h4-6,8,12H,1-3,7,9-11,13H2,(H,18,19). The number of pyridine rings is 1. The summed E-state index contributed by atoms with van der Waals surface area (Å²) in [7, 11) is 0. The average molecular weight is 258 g/mol. The largest absolute Gasteiger partial charge is 0.356 e. The SMILES string of the molecule is O=C(CCc1ccccn1)NCCC1=CCCCC1. The molecule has 0 fully saturated rings. The van der Waals surface area contributed by atoms with Crippen LogP contribution in [0.3, 0.4) is 0 Å². The number of carbonyl (C=O) groups excluding carboxylic acids is 1. The van der Waals surface area contributed by atoms with Gasteiger partial charge in [0.15, 0.2) is 0 Å². The fourth-order valence-corrected chi connectivity index (χ4v) is 2.37. The Morgan fingerprint density at radius 2 is 2.21 bits per heavy atom. The quantitative estimate of drug-likeness (QED) is 0.797. The highest BCUT2D eigenvalue weighted by Gasteiger charge is 2.05. The van der Waals surface area contributed by atoms with E-state index in [0.717, 1.165) is 25.1 Å². The van der Waals surface area contributed by atoms with Gasteiger partial charge in [-0.3, -0.25) is 9.78 Å². The summed E-state index contributed by atoms with van der Waals surface area (Å²) in [6.07, 6.45) is 11.4. The number of nitrogens with zero attached hydrogens (tertiary/aromatic N) is 1. The summed E-state index contributed by atoms with van der Waals surface area (Å²) in [6, 6.07) is 5.80. The number of hydrogen-bond donors (Lipinski definition) is 1. The molecule has 2 rings (SSSR count). The van der Waals surface area contributed by atoms with Gasteiger partial charge >= 0.3 is 0 Å². The van der Waals surface area contributed by atoms with Gasteiger partial charge in [-0.25, -0.2) is 0 Å². The van der Waals surface area contributed by atoms with Crippen LogP contribution in [0.15, 0.2) is 36.0 Å². The Labute approximate surface area is 115 Å². The summed E-state index contributed by atoms with van der Waals surface area (Å²) in [5, 5.41) is 2.99. The number of allylic oxidation sites excluding steroid dienone is 1. The third-order valence-electron chi connectivity index (χ3n) is 3.49. The van der Waals surface area contributed by atoms with E-state index in [9.17, 15) is 4.79 Å². The number of aryl methyl sites for hydroxylation is 1. The van der Waals surface area contributed by atoms with Crippen LogP contribution in [0.2, 0.25) is 0 Å². The number of aromatic nitrogens is 1. The summed E-state index contributed by atoms with van der Waals surface area (Å²) in [5.74, 6) is 0.127. The molecule has 0 saturated heterocycles. The van der Waals surface area contributed by atoms with Crippen molar-refractivity contribution in [3.63, 3.8) is 0 Å². The Morgan fingerprint density at radius 1 is 1.26 bits per heavy atom. The molecule has 0 aromatic carbocycles. The molecule has 1 aliphatic carbocycles. The molecule has 0 spiro atoms. The molecule has 1 aliphatic rings. The van der Waals surface area contributed by atoms with Crippen molar-refractivity contribution in [1.82, 2.24) is 10.3 Å². The highest BCUT2D eigenvalue weighted by molar-refractivity contribution is 5.76.